The minimum absolute atomic E-state index is 0.371. The predicted molar refractivity (Wildman–Crippen MR) is 60.4 cm³/mol. The van der Waals surface area contributed by atoms with Gasteiger partial charge >= 0.3 is 5.97 Å². The molecule has 0 saturated heterocycles. The van der Waals surface area contributed by atoms with Crippen LogP contribution < -0.4 is 9.64 Å². The lowest BCUT2D eigenvalue weighted by Gasteiger charge is -2.29. The van der Waals surface area contributed by atoms with E-state index in [9.17, 15) is 4.79 Å². The number of benzene rings is 1. The molecule has 0 unspecified atom stereocenters. The third kappa shape index (κ3) is 1.86. The highest BCUT2D eigenvalue weighted by Gasteiger charge is 2.19. The molecule has 0 bridgehead atoms. The van der Waals surface area contributed by atoms with Gasteiger partial charge in [-0.1, -0.05) is 12.1 Å². The molecule has 1 aromatic rings. The lowest BCUT2D eigenvalue weighted by molar-refractivity contribution is -0.134. The van der Waals surface area contributed by atoms with E-state index in [1.807, 2.05) is 36.2 Å². The normalized spacial score (nSPS) is 16.6. The first-order valence-electron chi connectivity index (χ1n) is 4.96. The number of ether oxygens (including phenoxy) is 2. The number of methoxy groups -OCH3 is 1. The van der Waals surface area contributed by atoms with Crippen molar-refractivity contribution in [3.05, 3.63) is 36.0 Å². The molecule has 0 spiro atoms. The zero-order valence-corrected chi connectivity index (χ0v) is 9.27. The molecule has 0 aliphatic carbocycles. The quantitative estimate of drug-likeness (QED) is 0.531. The number of hydrogen-bond acceptors (Lipinski definition) is 4. The van der Waals surface area contributed by atoms with E-state index in [2.05, 4.69) is 4.74 Å². The monoisotopic (exact) mass is 219 g/mol. The van der Waals surface area contributed by atoms with Crippen molar-refractivity contribution in [1.29, 1.82) is 0 Å². The molecule has 0 radical (unpaired) electrons. The van der Waals surface area contributed by atoms with Gasteiger partial charge in [-0.25, -0.2) is 4.79 Å². The van der Waals surface area contributed by atoms with E-state index in [1.165, 1.54) is 13.2 Å². The van der Waals surface area contributed by atoms with Gasteiger partial charge in [0, 0.05) is 13.1 Å². The van der Waals surface area contributed by atoms with Gasteiger partial charge in [-0.05, 0) is 12.1 Å². The Kier molecular flexibility index (Phi) is 2.81. The van der Waals surface area contributed by atoms with Crippen molar-refractivity contribution in [1.82, 2.24) is 0 Å². The van der Waals surface area contributed by atoms with Gasteiger partial charge in [0.15, 0.2) is 0 Å². The first-order chi connectivity index (χ1) is 7.72. The maximum Gasteiger partial charge on any atom is 0.332 e. The van der Waals surface area contributed by atoms with Gasteiger partial charge in [0.2, 0.25) is 0 Å². The van der Waals surface area contributed by atoms with E-state index in [0.717, 1.165) is 17.1 Å². The Hall–Kier alpha value is -1.97. The molecule has 1 heterocycles. The number of esters is 1. The highest BCUT2D eigenvalue weighted by atomic mass is 16.5. The summed E-state index contributed by atoms with van der Waals surface area (Å²) in [6.45, 7) is 0.378. The third-order valence-electron chi connectivity index (χ3n) is 2.52. The number of likely N-dealkylation sites (N-methyl/N-ethyl adjacent to an activating group) is 1. The summed E-state index contributed by atoms with van der Waals surface area (Å²) in [5.41, 5.74) is 1.73. The van der Waals surface area contributed by atoms with Crippen molar-refractivity contribution < 1.29 is 14.3 Å². The van der Waals surface area contributed by atoms with Gasteiger partial charge in [0.25, 0.3) is 0 Å². The van der Waals surface area contributed by atoms with Crippen molar-refractivity contribution in [2.24, 2.45) is 0 Å². The summed E-state index contributed by atoms with van der Waals surface area (Å²) in [7, 11) is 3.26. The second-order valence-corrected chi connectivity index (χ2v) is 3.47. The minimum Gasteiger partial charge on any atom is -0.485 e. The smallest absolute Gasteiger partial charge is 0.332 e. The van der Waals surface area contributed by atoms with Crippen LogP contribution in [-0.2, 0) is 9.53 Å². The van der Waals surface area contributed by atoms with Gasteiger partial charge in [-0.15, -0.1) is 0 Å². The molecule has 4 nitrogen and oxygen atoms in total. The van der Waals surface area contributed by atoms with Gasteiger partial charge < -0.3 is 14.4 Å². The first-order valence-corrected chi connectivity index (χ1v) is 4.96. The van der Waals surface area contributed by atoms with Crippen molar-refractivity contribution in [3.8, 4) is 5.75 Å². The van der Waals surface area contributed by atoms with Crippen LogP contribution >= 0.6 is 0 Å². The lowest BCUT2D eigenvalue weighted by atomic mass is 10.2. The summed E-state index contributed by atoms with van der Waals surface area (Å²) in [4.78, 5) is 13.1. The molecule has 0 amide bonds. The number of rotatable bonds is 1. The minimum atomic E-state index is -0.371. The van der Waals surface area contributed by atoms with Crippen LogP contribution in [0.4, 0.5) is 5.69 Å². The van der Waals surface area contributed by atoms with Gasteiger partial charge in [-0.2, -0.15) is 0 Å². The van der Waals surface area contributed by atoms with E-state index < -0.39 is 0 Å². The summed E-state index contributed by atoms with van der Waals surface area (Å²) in [5.74, 6) is 0.455. The fourth-order valence-corrected chi connectivity index (χ4v) is 1.59. The van der Waals surface area contributed by atoms with Crippen molar-refractivity contribution in [2.45, 2.75) is 0 Å². The summed E-state index contributed by atoms with van der Waals surface area (Å²) >= 11 is 0. The van der Waals surface area contributed by atoms with Crippen LogP contribution in [-0.4, -0.2) is 26.7 Å². The fraction of sp³-hybridized carbons (Fsp3) is 0.250. The molecule has 1 aliphatic rings. The Morgan fingerprint density at radius 1 is 1.50 bits per heavy atom. The van der Waals surface area contributed by atoms with Gasteiger partial charge in [0.05, 0.1) is 18.5 Å². The number of fused-ring (bicyclic) bond motifs is 1. The molecule has 1 aromatic carbocycles. The van der Waals surface area contributed by atoms with E-state index >= 15 is 0 Å². The largest absolute Gasteiger partial charge is 0.485 e. The summed E-state index contributed by atoms with van der Waals surface area (Å²) in [6.07, 6.45) is 1.44. The Morgan fingerprint density at radius 3 is 3.00 bits per heavy atom. The average Bonchev–Trinajstić information content (AvgIpc) is 2.33. The molecule has 0 fully saturated rings. The van der Waals surface area contributed by atoms with Crippen LogP contribution in [0, 0.1) is 0 Å². The molecular weight excluding hydrogens is 206 g/mol. The second kappa shape index (κ2) is 4.26. The summed E-state index contributed by atoms with van der Waals surface area (Å²) in [6, 6.07) is 7.70. The summed E-state index contributed by atoms with van der Waals surface area (Å²) in [5, 5.41) is 0. The number of para-hydroxylation sites is 2. The molecule has 4 heteroatoms. The Balaban J connectivity index is 2.31. The molecule has 0 aromatic heterocycles. The van der Waals surface area contributed by atoms with E-state index in [1.54, 1.807) is 0 Å². The Morgan fingerprint density at radius 2 is 2.25 bits per heavy atom. The number of nitrogens with zero attached hydrogens (tertiary/aromatic N) is 1. The molecule has 0 saturated carbocycles. The molecule has 84 valence electrons. The van der Waals surface area contributed by atoms with Crippen molar-refractivity contribution in [3.63, 3.8) is 0 Å². The first kappa shape index (κ1) is 10.5. The SMILES string of the molecule is COC(=O)/C=C1\COc2ccccc2N1C. The number of hydrogen-bond donors (Lipinski definition) is 0. The van der Waals surface area contributed by atoms with Crippen LogP contribution in [0.15, 0.2) is 36.0 Å². The number of anilines is 1. The molecule has 0 N–H and O–H groups in total. The standard InChI is InChI=1S/C12H13NO3/c1-13-9(7-12(14)15-2)8-16-11-6-4-3-5-10(11)13/h3-7H,8H2,1-2H3/b9-7+. The maximum absolute atomic E-state index is 11.2. The molecule has 2 rings (SSSR count). The zero-order valence-electron chi connectivity index (χ0n) is 9.27. The lowest BCUT2D eigenvalue weighted by Crippen LogP contribution is -2.27. The highest BCUT2D eigenvalue weighted by molar-refractivity contribution is 5.84. The van der Waals surface area contributed by atoms with Crippen LogP contribution in [0.3, 0.4) is 0 Å². The van der Waals surface area contributed by atoms with Gasteiger partial charge in [-0.3, -0.25) is 0 Å². The van der Waals surface area contributed by atoms with Crippen LogP contribution in [0.5, 0.6) is 5.75 Å². The molecular formula is C12H13NO3. The highest BCUT2D eigenvalue weighted by Crippen LogP contribution is 2.33. The Bertz CT molecular complexity index is 440. The topological polar surface area (TPSA) is 38.8 Å². The molecule has 0 atom stereocenters. The molecule has 1 aliphatic heterocycles. The average molecular weight is 219 g/mol. The van der Waals surface area contributed by atoms with E-state index in [4.69, 9.17) is 4.74 Å². The summed E-state index contributed by atoms with van der Waals surface area (Å²) < 4.78 is 10.1. The zero-order chi connectivity index (χ0) is 11.5. The fourth-order valence-electron chi connectivity index (χ4n) is 1.59. The van der Waals surface area contributed by atoms with Crippen LogP contribution in [0.2, 0.25) is 0 Å². The van der Waals surface area contributed by atoms with Crippen molar-refractivity contribution in [2.75, 3.05) is 25.7 Å². The number of carbonyl (C=O) groups excluding carboxylic acids is 1. The van der Waals surface area contributed by atoms with Crippen molar-refractivity contribution >= 4 is 11.7 Å². The maximum atomic E-state index is 11.2. The van der Waals surface area contributed by atoms with E-state index in [0.29, 0.717) is 6.61 Å². The number of carbonyl (C=O) groups is 1. The molecule has 16 heavy (non-hydrogen) atoms. The Labute approximate surface area is 94.1 Å². The van der Waals surface area contributed by atoms with E-state index in [-0.39, 0.29) is 5.97 Å². The van der Waals surface area contributed by atoms with Gasteiger partial charge in [0.1, 0.15) is 12.4 Å². The second-order valence-electron chi connectivity index (χ2n) is 3.47. The van der Waals surface area contributed by atoms with Crippen LogP contribution in [0.25, 0.3) is 0 Å². The third-order valence-corrected chi connectivity index (χ3v) is 2.52. The van der Waals surface area contributed by atoms with Crippen LogP contribution in [0.1, 0.15) is 0 Å². The predicted octanol–water partition coefficient (Wildman–Crippen LogP) is 1.57.